The van der Waals surface area contributed by atoms with Crippen LogP contribution in [0.4, 0.5) is 5.69 Å². The Balaban J connectivity index is 1.90. The molecule has 212 valence electrons. The van der Waals surface area contributed by atoms with Crippen molar-refractivity contribution in [1.82, 2.24) is 10.2 Å². The molecule has 0 saturated heterocycles. The van der Waals surface area contributed by atoms with Gasteiger partial charge in [-0.1, -0.05) is 13.3 Å². The van der Waals surface area contributed by atoms with E-state index in [-0.39, 0.29) is 29.7 Å². The fourth-order valence-electron chi connectivity index (χ4n) is 6.41. The number of unbranched alkanes of at least 4 members (excludes halogenated alkanes) is 1. The topological polar surface area (TPSA) is 177 Å². The third-order valence-corrected chi connectivity index (χ3v) is 8.28. The SMILES string of the molecule is CCCCNCc1cc(N(C)C)c2c(c1O)C(=O)C1=C(O)[C@]3(O)C(=O)C(C(N)=O)=C(O)[C@H](N(C)C)[C@H]3C[C@H]1C2. The summed E-state index contributed by atoms with van der Waals surface area (Å²) in [7, 11) is 6.88. The lowest BCUT2D eigenvalue weighted by Crippen LogP contribution is -2.63. The lowest BCUT2D eigenvalue weighted by atomic mass is 9.58. The second-order valence-electron chi connectivity index (χ2n) is 11.1. The maximum Gasteiger partial charge on any atom is 0.255 e. The van der Waals surface area contributed by atoms with Crippen molar-refractivity contribution in [2.75, 3.05) is 39.6 Å². The van der Waals surface area contributed by atoms with Gasteiger partial charge in [-0.05, 0) is 57.5 Å². The van der Waals surface area contributed by atoms with Crippen LogP contribution in [-0.2, 0) is 22.6 Å². The number of ketones is 2. The molecule has 3 aliphatic rings. The van der Waals surface area contributed by atoms with Crippen LogP contribution in [0.25, 0.3) is 0 Å². The zero-order valence-electron chi connectivity index (χ0n) is 23.0. The maximum absolute atomic E-state index is 14.0. The number of allylic oxidation sites excluding steroid dienone is 1. The fourth-order valence-corrected chi connectivity index (χ4v) is 6.41. The number of aliphatic hydroxyl groups is 3. The molecule has 0 fully saturated rings. The number of primary amides is 1. The van der Waals surface area contributed by atoms with E-state index in [9.17, 15) is 34.8 Å². The number of nitrogens with one attached hydrogen (secondary N) is 1. The summed E-state index contributed by atoms with van der Waals surface area (Å²) in [5, 5.41) is 48.6. The molecular weight excluding hydrogens is 504 g/mol. The second-order valence-corrected chi connectivity index (χ2v) is 11.1. The van der Waals surface area contributed by atoms with Gasteiger partial charge in [0.05, 0.1) is 11.6 Å². The smallest absolute Gasteiger partial charge is 0.255 e. The summed E-state index contributed by atoms with van der Waals surface area (Å²) in [5.74, 6) is -6.50. The number of nitrogens with two attached hydrogens (primary N) is 1. The number of aliphatic hydroxyl groups excluding tert-OH is 2. The van der Waals surface area contributed by atoms with E-state index in [2.05, 4.69) is 12.2 Å². The summed E-state index contributed by atoms with van der Waals surface area (Å²) in [4.78, 5) is 42.9. The molecule has 7 N–H and O–H groups in total. The van der Waals surface area contributed by atoms with Crippen LogP contribution < -0.4 is 16.0 Å². The molecule has 11 nitrogen and oxygen atoms in total. The van der Waals surface area contributed by atoms with E-state index in [0.29, 0.717) is 17.7 Å². The van der Waals surface area contributed by atoms with Crippen molar-refractivity contribution in [3.63, 3.8) is 0 Å². The quantitative estimate of drug-likeness (QED) is 0.206. The molecule has 1 aromatic carbocycles. The maximum atomic E-state index is 14.0. The Morgan fingerprint density at radius 1 is 1.18 bits per heavy atom. The lowest BCUT2D eigenvalue weighted by Gasteiger charge is -2.50. The zero-order valence-corrected chi connectivity index (χ0v) is 23.0. The monoisotopic (exact) mass is 542 g/mol. The zero-order chi connectivity index (χ0) is 29.0. The minimum Gasteiger partial charge on any atom is -0.510 e. The Morgan fingerprint density at radius 2 is 1.85 bits per heavy atom. The van der Waals surface area contributed by atoms with Gasteiger partial charge >= 0.3 is 0 Å². The number of anilines is 1. The van der Waals surface area contributed by atoms with Crippen molar-refractivity contribution in [2.45, 2.75) is 50.8 Å². The first-order valence-corrected chi connectivity index (χ1v) is 13.2. The highest BCUT2D eigenvalue weighted by atomic mass is 16.3. The number of hydrogen-bond acceptors (Lipinski definition) is 10. The molecule has 0 spiro atoms. The van der Waals surface area contributed by atoms with E-state index in [0.717, 1.165) is 25.1 Å². The molecule has 39 heavy (non-hydrogen) atoms. The summed E-state index contributed by atoms with van der Waals surface area (Å²) in [6, 6.07) is 0.822. The molecule has 0 unspecified atom stereocenters. The van der Waals surface area contributed by atoms with Crippen LogP contribution in [0, 0.1) is 11.8 Å². The van der Waals surface area contributed by atoms with E-state index in [4.69, 9.17) is 5.73 Å². The third-order valence-electron chi connectivity index (χ3n) is 8.28. The average molecular weight is 543 g/mol. The number of likely N-dealkylation sites (N-methyl/N-ethyl adjacent to an activating group) is 1. The lowest BCUT2D eigenvalue weighted by molar-refractivity contribution is -0.148. The molecule has 3 aliphatic carbocycles. The van der Waals surface area contributed by atoms with Crippen molar-refractivity contribution in [3.05, 3.63) is 45.4 Å². The van der Waals surface area contributed by atoms with Gasteiger partial charge in [-0.25, -0.2) is 0 Å². The number of amides is 1. The second kappa shape index (κ2) is 10.3. The number of phenolic OH excluding ortho intramolecular Hbond substituents is 1. The van der Waals surface area contributed by atoms with Crippen LogP contribution in [0.3, 0.4) is 0 Å². The highest BCUT2D eigenvalue weighted by Crippen LogP contribution is 2.53. The molecule has 0 heterocycles. The van der Waals surface area contributed by atoms with Crippen molar-refractivity contribution >= 4 is 23.2 Å². The van der Waals surface area contributed by atoms with Gasteiger partial charge in [0.15, 0.2) is 11.4 Å². The summed E-state index contributed by atoms with van der Waals surface area (Å²) in [5.41, 5.74) is 3.64. The van der Waals surface area contributed by atoms with Gasteiger partial charge in [0.2, 0.25) is 5.78 Å². The number of phenols is 1. The number of rotatable bonds is 8. The molecule has 0 bridgehead atoms. The number of nitrogens with zero attached hydrogens (tertiary/aromatic N) is 2. The summed E-state index contributed by atoms with van der Waals surface area (Å²) in [6.45, 7) is 3.13. The average Bonchev–Trinajstić information content (AvgIpc) is 2.84. The summed E-state index contributed by atoms with van der Waals surface area (Å²) < 4.78 is 0. The number of Topliss-reactive ketones (excluding diaryl/α,β-unsaturated/α-hetero) is 2. The molecular formula is C28H38N4O7. The first kappa shape index (κ1) is 28.6. The van der Waals surface area contributed by atoms with Gasteiger partial charge in [0, 0.05) is 43.4 Å². The molecule has 0 saturated carbocycles. The number of benzene rings is 1. The predicted molar refractivity (Wildman–Crippen MR) is 145 cm³/mol. The van der Waals surface area contributed by atoms with Gasteiger partial charge in [0.1, 0.15) is 22.8 Å². The number of carbonyl (C=O) groups excluding carboxylic acids is 3. The highest BCUT2D eigenvalue weighted by Gasteiger charge is 2.63. The van der Waals surface area contributed by atoms with Crippen molar-refractivity contribution in [1.29, 1.82) is 0 Å². The van der Waals surface area contributed by atoms with Crippen LogP contribution >= 0.6 is 0 Å². The fraction of sp³-hybridized carbons (Fsp3) is 0.536. The highest BCUT2D eigenvalue weighted by molar-refractivity contribution is 6.24. The van der Waals surface area contributed by atoms with Gasteiger partial charge in [-0.15, -0.1) is 0 Å². The van der Waals surface area contributed by atoms with Crippen LogP contribution in [0.2, 0.25) is 0 Å². The number of hydrogen-bond donors (Lipinski definition) is 6. The van der Waals surface area contributed by atoms with E-state index < -0.39 is 58.0 Å². The van der Waals surface area contributed by atoms with Crippen LogP contribution in [0.5, 0.6) is 5.75 Å². The molecule has 0 aromatic heterocycles. The number of carbonyl (C=O) groups is 3. The van der Waals surface area contributed by atoms with Gasteiger partial charge in [-0.2, -0.15) is 0 Å². The minimum atomic E-state index is -2.65. The van der Waals surface area contributed by atoms with Gasteiger partial charge < -0.3 is 36.4 Å². The predicted octanol–water partition coefficient (Wildman–Crippen LogP) is 1.08. The van der Waals surface area contributed by atoms with E-state index >= 15 is 0 Å². The molecule has 0 radical (unpaired) electrons. The normalized spacial score (nSPS) is 26.5. The minimum absolute atomic E-state index is 0.0225. The Labute approximate surface area is 227 Å². The Bertz CT molecular complexity index is 1300. The Morgan fingerprint density at radius 3 is 2.41 bits per heavy atom. The van der Waals surface area contributed by atoms with Crippen molar-refractivity contribution in [2.24, 2.45) is 17.6 Å². The van der Waals surface area contributed by atoms with Crippen LogP contribution in [0.1, 0.15) is 47.7 Å². The van der Waals surface area contributed by atoms with Crippen LogP contribution in [0.15, 0.2) is 28.7 Å². The first-order valence-electron chi connectivity index (χ1n) is 13.2. The Kier molecular flexibility index (Phi) is 7.54. The summed E-state index contributed by atoms with van der Waals surface area (Å²) in [6.07, 6.45) is 2.26. The van der Waals surface area contributed by atoms with Crippen LogP contribution in [-0.4, -0.2) is 89.2 Å². The molecule has 1 aromatic rings. The number of aromatic hydroxyl groups is 1. The van der Waals surface area contributed by atoms with E-state index in [1.54, 1.807) is 14.1 Å². The largest absolute Gasteiger partial charge is 0.510 e. The molecule has 4 rings (SSSR count). The van der Waals surface area contributed by atoms with Gasteiger partial charge in [0.25, 0.3) is 5.91 Å². The molecule has 0 aliphatic heterocycles. The Hall–Kier alpha value is -3.41. The summed E-state index contributed by atoms with van der Waals surface area (Å²) >= 11 is 0. The van der Waals surface area contributed by atoms with Gasteiger partial charge in [-0.3, -0.25) is 19.3 Å². The first-order chi connectivity index (χ1) is 18.3. The van der Waals surface area contributed by atoms with E-state index in [1.165, 1.54) is 4.90 Å². The molecule has 1 amide bonds. The molecule has 11 heteroatoms. The van der Waals surface area contributed by atoms with E-state index in [1.807, 2.05) is 25.1 Å². The number of fused-ring (bicyclic) bond motifs is 3. The third kappa shape index (κ3) is 4.29. The molecule has 4 atom stereocenters. The van der Waals surface area contributed by atoms with Crippen molar-refractivity contribution in [3.8, 4) is 5.75 Å². The van der Waals surface area contributed by atoms with Crippen molar-refractivity contribution < 1.29 is 34.8 Å². The standard InChI is InChI=1S/C28H38N4O7/c1-6-7-8-30-12-14-11-17(31(2)3)15-9-13-10-16-21(32(4)5)24(35)20(27(29)38)26(37)28(16,39)25(36)18(13)23(34)19(15)22(14)33/h11,13,16,21,30,33,35-36,39H,6-10,12H2,1-5H3,(H2,29,38)/t13-,16-,21-,28+/m1/s1.